The Balaban J connectivity index is 1.95. The number of carboxylic acid groups (broad SMARTS) is 1. The van der Waals surface area contributed by atoms with E-state index >= 15 is 0 Å². The molecule has 5 heteroatoms. The first kappa shape index (κ1) is 17.1. The number of ether oxygens (including phenoxy) is 1. The van der Waals surface area contributed by atoms with Crippen LogP contribution in [0.15, 0.2) is 30.3 Å². The Bertz CT molecular complexity index is 574. The first-order valence-electron chi connectivity index (χ1n) is 8.03. The van der Waals surface area contributed by atoms with Gasteiger partial charge in [0.15, 0.2) is 0 Å². The molecule has 0 aliphatic carbocycles. The Labute approximate surface area is 136 Å². The van der Waals surface area contributed by atoms with E-state index in [-0.39, 0.29) is 11.8 Å². The molecule has 0 unspecified atom stereocenters. The second-order valence-electron chi connectivity index (χ2n) is 5.66. The van der Waals surface area contributed by atoms with E-state index in [0.29, 0.717) is 32.5 Å². The third kappa shape index (κ3) is 4.84. The zero-order valence-electron chi connectivity index (χ0n) is 13.4. The van der Waals surface area contributed by atoms with Crippen LogP contribution in [0.4, 0.5) is 0 Å². The molecule has 0 saturated carbocycles. The van der Waals surface area contributed by atoms with Crippen molar-refractivity contribution < 1.29 is 19.4 Å². The topological polar surface area (TPSA) is 66.8 Å². The molecule has 1 amide bonds. The molecule has 1 aromatic rings. The third-order valence-corrected chi connectivity index (χ3v) is 3.94. The fourth-order valence-corrected chi connectivity index (χ4v) is 2.57. The van der Waals surface area contributed by atoms with Gasteiger partial charge in [-0.2, -0.15) is 0 Å². The Morgan fingerprint density at radius 1 is 1.30 bits per heavy atom. The molecule has 1 N–H and O–H groups in total. The van der Waals surface area contributed by atoms with Crippen molar-refractivity contribution in [3.8, 4) is 5.75 Å². The predicted molar refractivity (Wildman–Crippen MR) is 88.2 cm³/mol. The first-order valence-corrected chi connectivity index (χ1v) is 8.03. The van der Waals surface area contributed by atoms with Crippen LogP contribution >= 0.6 is 0 Å². The van der Waals surface area contributed by atoms with E-state index in [4.69, 9.17) is 9.84 Å². The van der Waals surface area contributed by atoms with Gasteiger partial charge >= 0.3 is 5.97 Å². The highest BCUT2D eigenvalue weighted by Crippen LogP contribution is 2.21. The maximum Gasteiger partial charge on any atom is 0.306 e. The van der Waals surface area contributed by atoms with Gasteiger partial charge in [0.05, 0.1) is 12.5 Å². The van der Waals surface area contributed by atoms with Crippen LogP contribution in [0.5, 0.6) is 5.75 Å². The molecule has 0 bridgehead atoms. The minimum absolute atomic E-state index is 0.0841. The molecule has 1 aliphatic heterocycles. The number of aliphatic carboxylic acids is 1. The summed E-state index contributed by atoms with van der Waals surface area (Å²) >= 11 is 0. The van der Waals surface area contributed by atoms with E-state index in [2.05, 4.69) is 0 Å². The summed E-state index contributed by atoms with van der Waals surface area (Å²) in [5, 5.41) is 8.99. The quantitative estimate of drug-likeness (QED) is 0.819. The zero-order chi connectivity index (χ0) is 16.7. The summed E-state index contributed by atoms with van der Waals surface area (Å²) in [5.41, 5.74) is 0.870. The summed E-state index contributed by atoms with van der Waals surface area (Å²) in [7, 11) is 0. The smallest absolute Gasteiger partial charge is 0.306 e. The highest BCUT2D eigenvalue weighted by Gasteiger charge is 2.25. The zero-order valence-corrected chi connectivity index (χ0v) is 13.4. The van der Waals surface area contributed by atoms with Gasteiger partial charge in [-0.25, -0.2) is 0 Å². The molecule has 1 heterocycles. The summed E-state index contributed by atoms with van der Waals surface area (Å²) in [6.07, 6.45) is 5.26. The lowest BCUT2D eigenvalue weighted by molar-refractivity contribution is -0.144. The van der Waals surface area contributed by atoms with E-state index in [1.54, 1.807) is 11.0 Å². The maximum atomic E-state index is 12.2. The summed E-state index contributed by atoms with van der Waals surface area (Å²) in [6.45, 7) is 3.67. The molecule has 1 aliphatic rings. The van der Waals surface area contributed by atoms with Gasteiger partial charge in [-0.05, 0) is 31.4 Å². The van der Waals surface area contributed by atoms with Gasteiger partial charge < -0.3 is 14.7 Å². The number of carbonyl (C=O) groups is 2. The number of hydrogen-bond donors (Lipinski definition) is 1. The second-order valence-corrected chi connectivity index (χ2v) is 5.66. The van der Waals surface area contributed by atoms with Crippen LogP contribution in [0.1, 0.15) is 31.7 Å². The molecule has 124 valence electrons. The van der Waals surface area contributed by atoms with E-state index in [1.165, 1.54) is 6.08 Å². The Morgan fingerprint density at radius 3 is 2.65 bits per heavy atom. The summed E-state index contributed by atoms with van der Waals surface area (Å²) in [5.74, 6) is -0.414. The average Bonchev–Trinajstić information content (AvgIpc) is 2.58. The molecule has 1 saturated heterocycles. The van der Waals surface area contributed by atoms with Gasteiger partial charge in [0.1, 0.15) is 5.75 Å². The van der Waals surface area contributed by atoms with Gasteiger partial charge in [0, 0.05) is 24.7 Å². The number of rotatable bonds is 6. The van der Waals surface area contributed by atoms with E-state index in [9.17, 15) is 9.59 Å². The molecule has 0 radical (unpaired) electrons. The van der Waals surface area contributed by atoms with Crippen LogP contribution in [-0.2, 0) is 9.59 Å². The van der Waals surface area contributed by atoms with Crippen LogP contribution in [0.3, 0.4) is 0 Å². The highest BCUT2D eigenvalue weighted by atomic mass is 16.5. The Kier molecular flexibility index (Phi) is 6.20. The minimum Gasteiger partial charge on any atom is -0.493 e. The van der Waals surface area contributed by atoms with Crippen LogP contribution in [-0.4, -0.2) is 41.6 Å². The fraction of sp³-hybridized carbons (Fsp3) is 0.444. The monoisotopic (exact) mass is 317 g/mol. The first-order chi connectivity index (χ1) is 11.1. The number of hydrogen-bond acceptors (Lipinski definition) is 3. The number of likely N-dealkylation sites (tertiary alicyclic amines) is 1. The number of amides is 1. The van der Waals surface area contributed by atoms with Crippen molar-refractivity contribution in [1.82, 2.24) is 4.90 Å². The molecule has 23 heavy (non-hydrogen) atoms. The van der Waals surface area contributed by atoms with Crippen molar-refractivity contribution in [1.29, 1.82) is 0 Å². The average molecular weight is 317 g/mol. The lowest BCUT2D eigenvalue weighted by atomic mass is 9.97. The highest BCUT2D eigenvalue weighted by molar-refractivity contribution is 5.92. The Morgan fingerprint density at radius 2 is 2.00 bits per heavy atom. The molecule has 2 rings (SSSR count). The largest absolute Gasteiger partial charge is 0.493 e. The molecule has 1 fully saturated rings. The number of nitrogens with zero attached hydrogens (tertiary/aromatic N) is 1. The van der Waals surface area contributed by atoms with Gasteiger partial charge in [0.25, 0.3) is 0 Å². The Hall–Kier alpha value is -2.30. The van der Waals surface area contributed by atoms with Crippen molar-refractivity contribution in [2.24, 2.45) is 5.92 Å². The normalized spacial score (nSPS) is 15.8. The van der Waals surface area contributed by atoms with Gasteiger partial charge in [-0.3, -0.25) is 9.59 Å². The number of piperidine rings is 1. The maximum absolute atomic E-state index is 12.2. The number of benzene rings is 1. The number of para-hydroxylation sites is 1. The van der Waals surface area contributed by atoms with Gasteiger partial charge in [-0.15, -0.1) is 0 Å². The lowest BCUT2D eigenvalue weighted by Crippen LogP contribution is -2.39. The van der Waals surface area contributed by atoms with Crippen LogP contribution in [0.2, 0.25) is 0 Å². The predicted octanol–water partition coefficient (Wildman–Crippen LogP) is 2.81. The summed E-state index contributed by atoms with van der Waals surface area (Å²) in [6, 6.07) is 7.60. The van der Waals surface area contributed by atoms with Crippen molar-refractivity contribution in [2.45, 2.75) is 26.2 Å². The molecule has 1 aromatic carbocycles. The van der Waals surface area contributed by atoms with E-state index in [0.717, 1.165) is 17.7 Å². The third-order valence-electron chi connectivity index (χ3n) is 3.94. The minimum atomic E-state index is -0.769. The van der Waals surface area contributed by atoms with Crippen molar-refractivity contribution in [3.63, 3.8) is 0 Å². The van der Waals surface area contributed by atoms with Crippen LogP contribution < -0.4 is 4.74 Å². The van der Waals surface area contributed by atoms with Crippen molar-refractivity contribution in [2.75, 3.05) is 19.7 Å². The molecule has 5 nitrogen and oxygen atoms in total. The summed E-state index contributed by atoms with van der Waals surface area (Å²) in [4.78, 5) is 24.9. The van der Waals surface area contributed by atoms with Crippen LogP contribution in [0.25, 0.3) is 6.08 Å². The number of carboxylic acids is 1. The molecular weight excluding hydrogens is 294 g/mol. The lowest BCUT2D eigenvalue weighted by Gasteiger charge is -2.29. The second kappa shape index (κ2) is 8.36. The van der Waals surface area contributed by atoms with E-state index < -0.39 is 5.97 Å². The molecule has 0 aromatic heterocycles. The van der Waals surface area contributed by atoms with Gasteiger partial charge in [-0.1, -0.05) is 25.1 Å². The fourth-order valence-electron chi connectivity index (χ4n) is 2.57. The van der Waals surface area contributed by atoms with Crippen molar-refractivity contribution >= 4 is 18.0 Å². The molecular formula is C18H23NO4. The summed E-state index contributed by atoms with van der Waals surface area (Å²) < 4.78 is 5.66. The van der Waals surface area contributed by atoms with Crippen LogP contribution in [0, 0.1) is 5.92 Å². The molecule has 0 atom stereocenters. The van der Waals surface area contributed by atoms with Crippen molar-refractivity contribution in [3.05, 3.63) is 35.9 Å². The number of carbonyl (C=O) groups excluding carboxylic acids is 1. The standard InChI is InChI=1S/C18H23NO4/c1-2-13-23-16-6-4-3-5-14(16)7-8-17(20)19-11-9-15(10-12-19)18(21)22/h3-8,15H,2,9-13H2,1H3,(H,21,22)/b8-7+. The van der Waals surface area contributed by atoms with E-state index in [1.807, 2.05) is 31.2 Å². The van der Waals surface area contributed by atoms with Gasteiger partial charge in [0.2, 0.25) is 5.91 Å². The SMILES string of the molecule is CCCOc1ccccc1/C=C/C(=O)N1CCC(C(=O)O)CC1. The molecule has 0 spiro atoms.